The predicted octanol–water partition coefficient (Wildman–Crippen LogP) is 4.35. The first kappa shape index (κ1) is 24.5. The van der Waals surface area contributed by atoms with Gasteiger partial charge in [-0.05, 0) is 18.8 Å². The van der Waals surface area contributed by atoms with Crippen LogP contribution in [-0.2, 0) is 9.53 Å². The maximum atomic E-state index is 13.5. The third-order valence-electron chi connectivity index (χ3n) is 3.37. The van der Waals surface area contributed by atoms with Crippen molar-refractivity contribution in [3.05, 3.63) is 12.2 Å². The maximum Gasteiger partial charge on any atom is 0.460 e. The van der Waals surface area contributed by atoms with E-state index in [1.807, 2.05) is 0 Å². The molecule has 0 aliphatic heterocycles. The van der Waals surface area contributed by atoms with Crippen molar-refractivity contribution in [3.8, 4) is 0 Å². The Morgan fingerprint density at radius 3 is 1.96 bits per heavy atom. The summed E-state index contributed by atoms with van der Waals surface area (Å²) in [5, 5.41) is 8.44. The number of esters is 1. The summed E-state index contributed by atoms with van der Waals surface area (Å²) >= 11 is 0. The van der Waals surface area contributed by atoms with E-state index in [2.05, 4.69) is 11.3 Å². The van der Waals surface area contributed by atoms with Crippen molar-refractivity contribution in [1.82, 2.24) is 0 Å². The maximum absolute atomic E-state index is 13.5. The van der Waals surface area contributed by atoms with Crippen LogP contribution in [0.3, 0.4) is 0 Å². The van der Waals surface area contributed by atoms with Gasteiger partial charge in [-0.25, -0.2) is 4.79 Å². The van der Waals surface area contributed by atoms with Crippen LogP contribution >= 0.6 is 0 Å². The zero-order chi connectivity index (χ0) is 21.0. The lowest BCUT2D eigenvalue weighted by Crippen LogP contribution is -2.61. The molecule has 0 heterocycles. The van der Waals surface area contributed by atoms with Gasteiger partial charge < -0.3 is 9.84 Å². The molecule has 1 N–H and O–H groups in total. The van der Waals surface area contributed by atoms with Crippen LogP contribution in [0.15, 0.2) is 12.2 Å². The third kappa shape index (κ3) is 5.52. The molecule has 0 saturated carbocycles. The van der Waals surface area contributed by atoms with Crippen LogP contribution in [0.1, 0.15) is 26.2 Å². The zero-order valence-electron chi connectivity index (χ0n) is 13.5. The van der Waals surface area contributed by atoms with Crippen molar-refractivity contribution in [2.45, 2.75) is 50.1 Å². The molecule has 0 bridgehead atoms. The van der Waals surface area contributed by atoms with Gasteiger partial charge in [0.05, 0.1) is 6.61 Å². The van der Waals surface area contributed by atoms with Crippen LogP contribution in [-0.4, -0.2) is 48.2 Å². The standard InChI is InChI=1S/C14H17F9O3/c1-8(3-4-9(2)10(25)26-6-5-24)7-11(15,16)12(17,18)13(19,20)14(21,22)23/h8,24H,2-7H2,1H3. The summed E-state index contributed by atoms with van der Waals surface area (Å²) in [4.78, 5) is 11.3. The summed E-state index contributed by atoms with van der Waals surface area (Å²) in [6.45, 7) is 3.29. The number of aliphatic hydroxyl groups excluding tert-OH is 1. The van der Waals surface area contributed by atoms with Crippen molar-refractivity contribution in [1.29, 1.82) is 0 Å². The second-order valence-corrected chi connectivity index (χ2v) is 5.66. The molecule has 0 spiro atoms. The number of ether oxygens (including phenoxy) is 1. The first-order valence-electron chi connectivity index (χ1n) is 7.17. The fourth-order valence-electron chi connectivity index (χ4n) is 1.84. The summed E-state index contributed by atoms with van der Waals surface area (Å²) in [5.74, 6) is -21.6. The molecule has 26 heavy (non-hydrogen) atoms. The molecule has 0 aromatic heterocycles. The van der Waals surface area contributed by atoms with Crippen LogP contribution in [0.4, 0.5) is 39.5 Å². The molecule has 154 valence electrons. The molecule has 0 aliphatic rings. The molecule has 12 heteroatoms. The van der Waals surface area contributed by atoms with Gasteiger partial charge in [0.2, 0.25) is 0 Å². The van der Waals surface area contributed by atoms with Gasteiger partial charge in [-0.3, -0.25) is 0 Å². The van der Waals surface area contributed by atoms with E-state index in [-0.39, 0.29) is 18.6 Å². The first-order chi connectivity index (χ1) is 11.5. The topological polar surface area (TPSA) is 46.5 Å². The summed E-state index contributed by atoms with van der Waals surface area (Å²) in [5.41, 5.74) is -0.263. The van der Waals surface area contributed by atoms with Gasteiger partial charge in [0.25, 0.3) is 0 Å². The fourth-order valence-corrected chi connectivity index (χ4v) is 1.84. The number of carbonyl (C=O) groups excluding carboxylic acids is 1. The summed E-state index contributed by atoms with van der Waals surface area (Å²) in [6, 6.07) is 0. The average molecular weight is 404 g/mol. The SMILES string of the molecule is C=C(CCC(C)CC(F)(F)C(F)(F)C(F)(F)C(F)(F)F)C(=O)OCCO. The van der Waals surface area contributed by atoms with Crippen molar-refractivity contribution in [2.24, 2.45) is 5.92 Å². The van der Waals surface area contributed by atoms with Crippen LogP contribution in [0.2, 0.25) is 0 Å². The lowest BCUT2D eigenvalue weighted by molar-refractivity contribution is -0.397. The monoisotopic (exact) mass is 404 g/mol. The molecule has 0 radical (unpaired) electrons. The molecule has 0 saturated heterocycles. The normalized spacial score (nSPS) is 14.9. The highest BCUT2D eigenvalue weighted by atomic mass is 19.4. The van der Waals surface area contributed by atoms with Gasteiger partial charge in [0, 0.05) is 12.0 Å². The van der Waals surface area contributed by atoms with E-state index in [0.29, 0.717) is 0 Å². The number of halogens is 9. The number of aliphatic hydroxyl groups is 1. The van der Waals surface area contributed by atoms with Crippen LogP contribution in [0.25, 0.3) is 0 Å². The van der Waals surface area contributed by atoms with E-state index < -0.39 is 55.3 Å². The Labute approximate surface area is 142 Å². The van der Waals surface area contributed by atoms with Crippen molar-refractivity contribution in [2.75, 3.05) is 13.2 Å². The van der Waals surface area contributed by atoms with E-state index >= 15 is 0 Å². The largest absolute Gasteiger partial charge is 0.460 e. The van der Waals surface area contributed by atoms with E-state index in [1.54, 1.807) is 0 Å². The smallest absolute Gasteiger partial charge is 0.460 e. The minimum atomic E-state index is -6.92. The highest BCUT2D eigenvalue weighted by molar-refractivity contribution is 5.87. The zero-order valence-corrected chi connectivity index (χ0v) is 13.5. The fraction of sp³-hybridized carbons (Fsp3) is 0.786. The van der Waals surface area contributed by atoms with Gasteiger partial charge in [0.1, 0.15) is 6.61 Å². The predicted molar refractivity (Wildman–Crippen MR) is 71.1 cm³/mol. The summed E-state index contributed by atoms with van der Waals surface area (Å²) in [6.07, 6.45) is -9.59. The second kappa shape index (κ2) is 8.49. The van der Waals surface area contributed by atoms with E-state index in [9.17, 15) is 44.3 Å². The molecule has 0 aliphatic carbocycles. The third-order valence-corrected chi connectivity index (χ3v) is 3.37. The summed E-state index contributed by atoms with van der Waals surface area (Å²) < 4.78 is 119. The molecular formula is C14H17F9O3. The van der Waals surface area contributed by atoms with Gasteiger partial charge >= 0.3 is 29.9 Å². The average Bonchev–Trinajstić information content (AvgIpc) is 2.48. The molecule has 0 amide bonds. The molecule has 1 unspecified atom stereocenters. The molecule has 3 nitrogen and oxygen atoms in total. The first-order valence-corrected chi connectivity index (χ1v) is 7.17. The minimum Gasteiger partial charge on any atom is -0.460 e. The Balaban J connectivity index is 4.94. The molecule has 0 aromatic rings. The Bertz CT molecular complexity index is 500. The Hall–Kier alpha value is -1.46. The van der Waals surface area contributed by atoms with E-state index in [0.717, 1.165) is 6.92 Å². The van der Waals surface area contributed by atoms with Crippen LogP contribution < -0.4 is 0 Å². The number of hydrogen-bond acceptors (Lipinski definition) is 3. The lowest BCUT2D eigenvalue weighted by atomic mass is 9.91. The number of hydrogen-bond donors (Lipinski definition) is 1. The van der Waals surface area contributed by atoms with E-state index in [1.165, 1.54) is 0 Å². The van der Waals surface area contributed by atoms with Crippen molar-refractivity contribution < 1.29 is 54.2 Å². The number of alkyl halides is 9. The minimum absolute atomic E-state index is 0.263. The molecular weight excluding hydrogens is 387 g/mol. The molecule has 0 fully saturated rings. The van der Waals surface area contributed by atoms with Gasteiger partial charge in [-0.1, -0.05) is 13.5 Å². The van der Waals surface area contributed by atoms with E-state index in [4.69, 9.17) is 5.11 Å². The number of carbonyl (C=O) groups is 1. The van der Waals surface area contributed by atoms with Crippen LogP contribution in [0, 0.1) is 5.92 Å². The highest BCUT2D eigenvalue weighted by Gasteiger charge is 2.81. The Kier molecular flexibility index (Phi) is 8.01. The van der Waals surface area contributed by atoms with Crippen molar-refractivity contribution in [3.63, 3.8) is 0 Å². The Morgan fingerprint density at radius 1 is 1.04 bits per heavy atom. The van der Waals surface area contributed by atoms with Crippen molar-refractivity contribution >= 4 is 5.97 Å². The van der Waals surface area contributed by atoms with Gasteiger partial charge in [-0.2, -0.15) is 39.5 Å². The second-order valence-electron chi connectivity index (χ2n) is 5.66. The quantitative estimate of drug-likeness (QED) is 0.335. The van der Waals surface area contributed by atoms with Gasteiger partial charge in [0.15, 0.2) is 0 Å². The summed E-state index contributed by atoms with van der Waals surface area (Å²) in [7, 11) is 0. The number of rotatable bonds is 10. The molecule has 0 aromatic carbocycles. The molecule has 0 rings (SSSR count). The Morgan fingerprint density at radius 2 is 1.54 bits per heavy atom. The molecule has 1 atom stereocenters. The lowest BCUT2D eigenvalue weighted by Gasteiger charge is -2.34. The van der Waals surface area contributed by atoms with Crippen LogP contribution in [0.5, 0.6) is 0 Å². The highest BCUT2D eigenvalue weighted by Crippen LogP contribution is 2.54. The van der Waals surface area contributed by atoms with Gasteiger partial charge in [-0.15, -0.1) is 0 Å².